The van der Waals surface area contributed by atoms with Crippen LogP contribution in [0.2, 0.25) is 0 Å². The topological polar surface area (TPSA) is 12.4 Å². The summed E-state index contributed by atoms with van der Waals surface area (Å²) in [6, 6.07) is 18.5. The number of benzene rings is 2. The first-order valence-corrected chi connectivity index (χ1v) is 5.56. The smallest absolute Gasteiger partial charge is 0.0630 e. The van der Waals surface area contributed by atoms with Gasteiger partial charge in [0, 0.05) is 6.21 Å². The van der Waals surface area contributed by atoms with Gasteiger partial charge in [-0.05, 0) is 29.7 Å². The predicted molar refractivity (Wildman–Crippen MR) is 69.5 cm³/mol. The Balaban J connectivity index is 2.12. The van der Waals surface area contributed by atoms with Crippen LogP contribution in [0, 0.1) is 0 Å². The second kappa shape index (κ2) is 5.26. The number of aliphatic imine (C=N–C) groups is 1. The fourth-order valence-electron chi connectivity index (χ4n) is 1.51. The Kier molecular flexibility index (Phi) is 3.50. The van der Waals surface area contributed by atoms with E-state index in [9.17, 15) is 0 Å². The summed E-state index contributed by atoms with van der Waals surface area (Å²) in [7, 11) is 0. The van der Waals surface area contributed by atoms with Gasteiger partial charge in [0.15, 0.2) is 0 Å². The van der Waals surface area contributed by atoms with Crippen molar-refractivity contribution in [1.29, 1.82) is 0 Å². The van der Waals surface area contributed by atoms with Crippen LogP contribution < -0.4 is 0 Å². The van der Waals surface area contributed by atoms with Crippen molar-refractivity contribution in [2.45, 2.75) is 13.3 Å². The summed E-state index contributed by atoms with van der Waals surface area (Å²) in [6.07, 6.45) is 2.96. The molecule has 0 N–H and O–H groups in total. The summed E-state index contributed by atoms with van der Waals surface area (Å²) in [5.41, 5.74) is 3.47. The van der Waals surface area contributed by atoms with Gasteiger partial charge in [0.05, 0.1) is 5.69 Å². The fourth-order valence-corrected chi connectivity index (χ4v) is 1.51. The van der Waals surface area contributed by atoms with E-state index in [1.807, 2.05) is 36.5 Å². The van der Waals surface area contributed by atoms with E-state index in [0.29, 0.717) is 0 Å². The Morgan fingerprint density at radius 1 is 0.938 bits per heavy atom. The van der Waals surface area contributed by atoms with Crippen molar-refractivity contribution >= 4 is 11.9 Å². The average molecular weight is 209 g/mol. The van der Waals surface area contributed by atoms with Gasteiger partial charge in [-0.25, -0.2) is 0 Å². The summed E-state index contributed by atoms with van der Waals surface area (Å²) < 4.78 is 0. The minimum atomic E-state index is 1.00. The number of hydrogen-bond acceptors (Lipinski definition) is 1. The van der Waals surface area contributed by atoms with Gasteiger partial charge < -0.3 is 0 Å². The highest BCUT2D eigenvalue weighted by atomic mass is 14.7. The zero-order valence-corrected chi connectivity index (χ0v) is 9.43. The molecule has 0 amide bonds. The molecule has 0 aliphatic heterocycles. The Morgan fingerprint density at radius 3 is 2.25 bits per heavy atom. The summed E-state index contributed by atoms with van der Waals surface area (Å²) in [6.45, 7) is 2.16. The van der Waals surface area contributed by atoms with Crippen LogP contribution in [-0.4, -0.2) is 6.21 Å². The largest absolute Gasteiger partial charge is 0.256 e. The van der Waals surface area contributed by atoms with Crippen molar-refractivity contribution in [1.82, 2.24) is 0 Å². The van der Waals surface area contributed by atoms with Crippen LogP contribution in [0.15, 0.2) is 59.6 Å². The van der Waals surface area contributed by atoms with Gasteiger partial charge in [0.1, 0.15) is 0 Å². The zero-order chi connectivity index (χ0) is 11.2. The lowest BCUT2D eigenvalue weighted by molar-refractivity contribution is 1.14. The number of hydrogen-bond donors (Lipinski definition) is 0. The van der Waals surface area contributed by atoms with Gasteiger partial charge in [0.25, 0.3) is 0 Å². The van der Waals surface area contributed by atoms with E-state index >= 15 is 0 Å². The molecule has 0 saturated carbocycles. The van der Waals surface area contributed by atoms with Gasteiger partial charge >= 0.3 is 0 Å². The van der Waals surface area contributed by atoms with E-state index in [-0.39, 0.29) is 0 Å². The molecule has 0 aliphatic rings. The second-order valence-electron chi connectivity index (χ2n) is 3.69. The first kappa shape index (κ1) is 10.6. The monoisotopic (exact) mass is 209 g/mol. The summed E-state index contributed by atoms with van der Waals surface area (Å²) in [5, 5.41) is 0. The lowest BCUT2D eigenvalue weighted by atomic mass is 10.1. The Bertz CT molecular complexity index is 455. The third-order valence-corrected chi connectivity index (χ3v) is 2.51. The lowest BCUT2D eigenvalue weighted by Crippen LogP contribution is -1.79. The van der Waals surface area contributed by atoms with E-state index in [0.717, 1.165) is 17.7 Å². The van der Waals surface area contributed by atoms with Gasteiger partial charge in [-0.15, -0.1) is 0 Å². The van der Waals surface area contributed by atoms with E-state index in [1.54, 1.807) is 0 Å². The zero-order valence-electron chi connectivity index (χ0n) is 9.43. The molecule has 0 aliphatic carbocycles. The summed E-state index contributed by atoms with van der Waals surface area (Å²) in [4.78, 5) is 4.43. The normalized spacial score (nSPS) is 10.8. The lowest BCUT2D eigenvalue weighted by Gasteiger charge is -1.97. The molecule has 0 heterocycles. The first-order valence-electron chi connectivity index (χ1n) is 5.56. The van der Waals surface area contributed by atoms with Gasteiger partial charge in [-0.2, -0.15) is 0 Å². The van der Waals surface area contributed by atoms with Gasteiger partial charge in [-0.3, -0.25) is 4.99 Å². The molecule has 1 nitrogen and oxygen atoms in total. The first-order chi connectivity index (χ1) is 7.88. The van der Waals surface area contributed by atoms with E-state index in [1.165, 1.54) is 5.56 Å². The minimum absolute atomic E-state index is 1.00. The molecule has 0 unspecified atom stereocenters. The van der Waals surface area contributed by atoms with Crippen LogP contribution in [0.25, 0.3) is 0 Å². The van der Waals surface area contributed by atoms with Gasteiger partial charge in [-0.1, -0.05) is 49.4 Å². The number of rotatable bonds is 3. The van der Waals surface area contributed by atoms with E-state index < -0.39 is 0 Å². The van der Waals surface area contributed by atoms with Crippen molar-refractivity contribution in [2.24, 2.45) is 4.99 Å². The third kappa shape index (κ3) is 2.80. The maximum Gasteiger partial charge on any atom is 0.0630 e. The Morgan fingerprint density at radius 2 is 1.62 bits per heavy atom. The molecule has 16 heavy (non-hydrogen) atoms. The fraction of sp³-hybridized carbons (Fsp3) is 0.133. The molecule has 2 aromatic carbocycles. The number of nitrogens with zero attached hydrogens (tertiary/aromatic N) is 1. The molecule has 0 saturated heterocycles. The molecule has 2 rings (SSSR count). The Hall–Kier alpha value is -1.89. The highest BCUT2D eigenvalue weighted by molar-refractivity contribution is 5.81. The van der Waals surface area contributed by atoms with Crippen LogP contribution in [0.1, 0.15) is 18.1 Å². The average Bonchev–Trinajstić information content (AvgIpc) is 2.38. The van der Waals surface area contributed by atoms with E-state index in [2.05, 4.69) is 36.2 Å². The van der Waals surface area contributed by atoms with Crippen molar-refractivity contribution in [3.8, 4) is 0 Å². The minimum Gasteiger partial charge on any atom is -0.256 e. The maximum atomic E-state index is 4.43. The molecular formula is C15H15N. The predicted octanol–water partition coefficient (Wildman–Crippen LogP) is 4.00. The van der Waals surface area contributed by atoms with Crippen LogP contribution in [-0.2, 0) is 6.42 Å². The second-order valence-corrected chi connectivity index (χ2v) is 3.69. The molecule has 0 bridgehead atoms. The molecule has 0 atom stereocenters. The third-order valence-electron chi connectivity index (χ3n) is 2.51. The van der Waals surface area contributed by atoms with E-state index in [4.69, 9.17) is 0 Å². The van der Waals surface area contributed by atoms with Crippen LogP contribution in [0.4, 0.5) is 5.69 Å². The van der Waals surface area contributed by atoms with Crippen LogP contribution in [0.5, 0.6) is 0 Å². The van der Waals surface area contributed by atoms with Gasteiger partial charge in [0.2, 0.25) is 0 Å². The van der Waals surface area contributed by atoms with Crippen molar-refractivity contribution < 1.29 is 0 Å². The van der Waals surface area contributed by atoms with Crippen molar-refractivity contribution in [3.05, 3.63) is 65.7 Å². The standard InChI is InChI=1S/C15H15N/c1-2-13-8-10-15(11-9-13)16-12-14-6-4-3-5-7-14/h3-12H,2H2,1H3/b16-12+. The molecule has 0 spiro atoms. The highest BCUT2D eigenvalue weighted by Gasteiger charge is 1.90. The molecule has 80 valence electrons. The molecule has 0 fully saturated rings. The van der Waals surface area contributed by atoms with Crippen molar-refractivity contribution in [2.75, 3.05) is 0 Å². The summed E-state index contributed by atoms with van der Waals surface area (Å²) >= 11 is 0. The quantitative estimate of drug-likeness (QED) is 0.677. The number of aryl methyl sites for hydroxylation is 1. The van der Waals surface area contributed by atoms with Crippen LogP contribution >= 0.6 is 0 Å². The molecule has 1 heteroatoms. The molecular weight excluding hydrogens is 194 g/mol. The molecule has 0 radical (unpaired) electrons. The summed E-state index contributed by atoms with van der Waals surface area (Å²) in [5.74, 6) is 0. The molecule has 2 aromatic rings. The maximum absolute atomic E-state index is 4.43. The SMILES string of the molecule is CCc1ccc(/N=C/c2ccccc2)cc1. The molecule has 0 aromatic heterocycles. The van der Waals surface area contributed by atoms with Crippen LogP contribution in [0.3, 0.4) is 0 Å². The van der Waals surface area contributed by atoms with Crippen molar-refractivity contribution in [3.63, 3.8) is 0 Å². The highest BCUT2D eigenvalue weighted by Crippen LogP contribution is 2.13. The Labute approximate surface area is 96.5 Å².